The van der Waals surface area contributed by atoms with E-state index in [1.54, 1.807) is 0 Å². The van der Waals surface area contributed by atoms with Gasteiger partial charge in [-0.15, -0.1) is 0 Å². The van der Waals surface area contributed by atoms with E-state index in [-0.39, 0.29) is 5.25 Å². The molecule has 1 heterocycles. The van der Waals surface area contributed by atoms with Crippen molar-refractivity contribution in [2.24, 2.45) is 0 Å². The van der Waals surface area contributed by atoms with E-state index in [9.17, 15) is 4.79 Å². The van der Waals surface area contributed by atoms with Gasteiger partial charge in [0, 0.05) is 5.56 Å². The maximum atomic E-state index is 12.6. The molecule has 0 spiro atoms. The molecule has 3 rings (SSSR count). The Morgan fingerprint density at radius 3 is 2.24 bits per heavy atom. The molecule has 1 aliphatic heterocycles. The molecule has 1 saturated heterocycles. The third-order valence-corrected chi connectivity index (χ3v) is 8.04. The monoisotopic (exact) mass is 303 g/mol. The number of hydrogen-bond donors (Lipinski definition) is 0. The van der Waals surface area contributed by atoms with Crippen LogP contribution in [0.15, 0.2) is 24.3 Å². The van der Waals surface area contributed by atoms with Gasteiger partial charge < -0.3 is 0 Å². The summed E-state index contributed by atoms with van der Waals surface area (Å²) in [6.45, 7) is 2.14. The Morgan fingerprint density at radius 2 is 1.62 bits per heavy atom. The van der Waals surface area contributed by atoms with Crippen LogP contribution in [0.2, 0.25) is 0 Å². The van der Waals surface area contributed by atoms with E-state index >= 15 is 0 Å². The summed E-state index contributed by atoms with van der Waals surface area (Å²) in [5.41, 5.74) is 2.38. The summed E-state index contributed by atoms with van der Waals surface area (Å²) in [5, 5.41) is 0.230. The molecule has 1 aliphatic carbocycles. The summed E-state index contributed by atoms with van der Waals surface area (Å²) in [4.78, 5) is 12.6. The highest BCUT2D eigenvalue weighted by Crippen LogP contribution is 2.32. The predicted molar refractivity (Wildman–Crippen MR) is 92.4 cm³/mol. The van der Waals surface area contributed by atoms with Crippen LogP contribution in [0, 0.1) is 0 Å². The lowest BCUT2D eigenvalue weighted by Crippen LogP contribution is -2.28. The van der Waals surface area contributed by atoms with Gasteiger partial charge in [0.1, 0.15) is 11.5 Å². The van der Waals surface area contributed by atoms with Crippen molar-refractivity contribution in [2.75, 3.05) is 11.5 Å². The van der Waals surface area contributed by atoms with E-state index in [0.717, 1.165) is 11.5 Å². The average Bonchev–Trinajstić information content (AvgIpc) is 3.09. The van der Waals surface area contributed by atoms with E-state index < -0.39 is 0 Å². The van der Waals surface area contributed by atoms with Crippen molar-refractivity contribution in [2.45, 2.75) is 63.0 Å². The molecular formula is C19H27OS+. The Labute approximate surface area is 131 Å². The van der Waals surface area contributed by atoms with Crippen LogP contribution in [-0.4, -0.2) is 22.5 Å². The highest BCUT2D eigenvalue weighted by Gasteiger charge is 2.35. The minimum atomic E-state index is 0.230. The Bertz CT molecular complexity index is 467. The first-order chi connectivity index (χ1) is 10.3. The number of ketones is 1. The zero-order chi connectivity index (χ0) is 14.7. The van der Waals surface area contributed by atoms with Crippen LogP contribution in [0.25, 0.3) is 0 Å². The quantitative estimate of drug-likeness (QED) is 0.581. The third-order valence-electron chi connectivity index (χ3n) is 5.20. The van der Waals surface area contributed by atoms with Gasteiger partial charge in [0.15, 0.2) is 5.25 Å². The molecule has 1 saturated carbocycles. The van der Waals surface area contributed by atoms with E-state index in [4.69, 9.17) is 0 Å². The van der Waals surface area contributed by atoms with Crippen molar-refractivity contribution in [1.82, 2.24) is 0 Å². The number of rotatable bonds is 4. The fraction of sp³-hybridized carbons (Fsp3) is 0.632. The fourth-order valence-electron chi connectivity index (χ4n) is 3.77. The Hall–Kier alpha value is -0.760. The van der Waals surface area contributed by atoms with Gasteiger partial charge in [-0.25, -0.2) is 0 Å². The molecule has 0 amide bonds. The second-order valence-corrected chi connectivity index (χ2v) is 9.21. The largest absolute Gasteiger partial charge is 0.289 e. The van der Waals surface area contributed by atoms with Crippen molar-refractivity contribution in [3.63, 3.8) is 0 Å². The maximum Gasteiger partial charge on any atom is 0.214 e. The smallest absolute Gasteiger partial charge is 0.214 e. The summed E-state index contributed by atoms with van der Waals surface area (Å²) in [5.74, 6) is 3.65. The second-order valence-electron chi connectivity index (χ2n) is 6.62. The molecule has 1 nitrogen and oxygen atoms in total. The van der Waals surface area contributed by atoms with Gasteiger partial charge in [-0.05, 0) is 55.0 Å². The van der Waals surface area contributed by atoms with Crippen molar-refractivity contribution < 1.29 is 4.79 Å². The molecule has 0 aromatic heterocycles. The molecule has 0 radical (unpaired) electrons. The summed E-state index contributed by atoms with van der Waals surface area (Å²) in [6, 6.07) is 8.60. The lowest BCUT2D eigenvalue weighted by molar-refractivity contribution is 0.0993. The molecule has 1 aromatic rings. The first kappa shape index (κ1) is 15.1. The summed E-state index contributed by atoms with van der Waals surface area (Å²) in [7, 11) is 0.338. The van der Waals surface area contributed by atoms with E-state index in [1.807, 2.05) is 0 Å². The van der Waals surface area contributed by atoms with Crippen LogP contribution in [0.4, 0.5) is 0 Å². The van der Waals surface area contributed by atoms with Gasteiger partial charge >= 0.3 is 0 Å². The fourth-order valence-corrected chi connectivity index (χ4v) is 6.27. The molecule has 21 heavy (non-hydrogen) atoms. The number of carbonyl (C=O) groups is 1. The molecule has 2 fully saturated rings. The molecule has 114 valence electrons. The topological polar surface area (TPSA) is 17.1 Å². The lowest BCUT2D eigenvalue weighted by atomic mass is 9.84. The second kappa shape index (κ2) is 7.00. The van der Waals surface area contributed by atoms with Crippen LogP contribution in [-0.2, 0) is 10.9 Å². The number of benzene rings is 1. The Balaban J connectivity index is 1.66. The lowest BCUT2D eigenvalue weighted by Gasteiger charge is -2.22. The SMILES string of the molecule is CC(C(=O)c1ccc(C2CCCCC2)cc1)[S+]1CCCC1. The highest BCUT2D eigenvalue weighted by atomic mass is 32.2. The zero-order valence-electron chi connectivity index (χ0n) is 13.1. The zero-order valence-corrected chi connectivity index (χ0v) is 14.0. The molecule has 0 N–H and O–H groups in total. The molecule has 1 aromatic carbocycles. The minimum absolute atomic E-state index is 0.230. The van der Waals surface area contributed by atoms with Crippen LogP contribution >= 0.6 is 0 Å². The highest BCUT2D eigenvalue weighted by molar-refractivity contribution is 7.98. The van der Waals surface area contributed by atoms with Crippen molar-refractivity contribution in [3.8, 4) is 0 Å². The van der Waals surface area contributed by atoms with Gasteiger partial charge in [-0.2, -0.15) is 0 Å². The first-order valence-corrected chi connectivity index (χ1v) is 10.2. The van der Waals surface area contributed by atoms with Crippen molar-refractivity contribution in [3.05, 3.63) is 35.4 Å². The third kappa shape index (κ3) is 3.53. The molecule has 1 unspecified atom stereocenters. The molecule has 2 aliphatic rings. The summed E-state index contributed by atoms with van der Waals surface area (Å²) in [6.07, 6.45) is 9.42. The van der Waals surface area contributed by atoms with E-state index in [1.165, 1.54) is 62.0 Å². The number of carbonyl (C=O) groups excluding carboxylic acids is 1. The average molecular weight is 303 g/mol. The van der Waals surface area contributed by atoms with Crippen LogP contribution in [0.5, 0.6) is 0 Å². The van der Waals surface area contributed by atoms with Gasteiger partial charge in [-0.3, -0.25) is 4.79 Å². The van der Waals surface area contributed by atoms with E-state index in [2.05, 4.69) is 31.2 Å². The standard InChI is InChI=1S/C19H27OS/c1-15(21-13-5-6-14-21)19(20)18-11-9-17(10-12-18)16-7-3-2-4-8-16/h9-12,15-16H,2-8,13-14H2,1H3/q+1. The van der Waals surface area contributed by atoms with Gasteiger partial charge in [0.25, 0.3) is 0 Å². The van der Waals surface area contributed by atoms with Crippen molar-refractivity contribution in [1.29, 1.82) is 0 Å². The molecule has 1 atom stereocenters. The van der Waals surface area contributed by atoms with Gasteiger partial charge in [-0.1, -0.05) is 43.5 Å². The van der Waals surface area contributed by atoms with Crippen LogP contribution < -0.4 is 0 Å². The van der Waals surface area contributed by atoms with Crippen LogP contribution in [0.3, 0.4) is 0 Å². The molecule has 0 bridgehead atoms. The number of Topliss-reactive ketones (excluding diaryl/α,β-unsaturated/α-hetero) is 1. The Kier molecular flexibility index (Phi) is 5.05. The van der Waals surface area contributed by atoms with E-state index in [0.29, 0.717) is 16.7 Å². The minimum Gasteiger partial charge on any atom is -0.289 e. The Morgan fingerprint density at radius 1 is 1.00 bits per heavy atom. The number of hydrogen-bond acceptors (Lipinski definition) is 1. The van der Waals surface area contributed by atoms with Crippen molar-refractivity contribution >= 4 is 16.7 Å². The van der Waals surface area contributed by atoms with Gasteiger partial charge in [0.2, 0.25) is 5.78 Å². The first-order valence-electron chi connectivity index (χ1n) is 8.56. The maximum absolute atomic E-state index is 12.6. The predicted octanol–water partition coefficient (Wildman–Crippen LogP) is 4.72. The van der Waals surface area contributed by atoms with Crippen LogP contribution in [0.1, 0.15) is 73.7 Å². The molecular weight excluding hydrogens is 276 g/mol. The molecule has 2 heteroatoms. The van der Waals surface area contributed by atoms with Gasteiger partial charge in [0.05, 0.1) is 0 Å². The normalized spacial score (nSPS) is 22.3. The summed E-state index contributed by atoms with van der Waals surface area (Å²) < 4.78 is 0. The summed E-state index contributed by atoms with van der Waals surface area (Å²) >= 11 is 0.